The molecule has 2 N–H and O–H groups in total. The second-order valence-electron chi connectivity index (χ2n) is 6.78. The van der Waals surface area contributed by atoms with Crippen LogP contribution in [0.2, 0.25) is 0 Å². The molecule has 150 valence electrons. The molecule has 29 heavy (non-hydrogen) atoms. The number of aromatic amines is 1. The first-order valence-corrected chi connectivity index (χ1v) is 11.8. The highest BCUT2D eigenvalue weighted by Crippen LogP contribution is 2.34. The van der Waals surface area contributed by atoms with E-state index in [1.807, 2.05) is 54.8 Å². The van der Waals surface area contributed by atoms with E-state index in [9.17, 15) is 9.59 Å². The highest BCUT2D eigenvalue weighted by molar-refractivity contribution is 8.00. The van der Waals surface area contributed by atoms with Crippen LogP contribution in [0.15, 0.2) is 53.4 Å². The number of nitrogens with one attached hydrogen (secondary N) is 2. The number of H-pyrrole nitrogens is 1. The summed E-state index contributed by atoms with van der Waals surface area (Å²) in [6, 6.07) is 15.3. The molecule has 2 amide bonds. The fourth-order valence-electron chi connectivity index (χ4n) is 3.36. The third-order valence-corrected chi connectivity index (χ3v) is 6.49. The van der Waals surface area contributed by atoms with Gasteiger partial charge in [0.25, 0.3) is 0 Å². The molecule has 8 heteroatoms. The van der Waals surface area contributed by atoms with Crippen LogP contribution < -0.4 is 10.2 Å². The van der Waals surface area contributed by atoms with E-state index in [1.54, 1.807) is 16.7 Å². The molecular weight excluding hydrogens is 404 g/mol. The average Bonchev–Trinajstić information content (AvgIpc) is 3.17. The number of carbonyl (C=O) groups is 2. The van der Waals surface area contributed by atoms with Crippen molar-refractivity contribution < 1.29 is 9.59 Å². The number of fused-ring (bicyclic) bond motifs is 2. The van der Waals surface area contributed by atoms with Gasteiger partial charge in [-0.3, -0.25) is 9.59 Å². The summed E-state index contributed by atoms with van der Waals surface area (Å²) < 4.78 is 0. The predicted octanol–water partition coefficient (Wildman–Crippen LogP) is 3.61. The van der Waals surface area contributed by atoms with Gasteiger partial charge in [-0.15, -0.1) is 11.8 Å². The third-order valence-electron chi connectivity index (χ3n) is 4.79. The van der Waals surface area contributed by atoms with Crippen molar-refractivity contribution >= 4 is 52.1 Å². The number of carbonyl (C=O) groups excluding carboxylic acids is 2. The van der Waals surface area contributed by atoms with Crippen LogP contribution in [0.5, 0.6) is 0 Å². The van der Waals surface area contributed by atoms with Crippen molar-refractivity contribution in [3.05, 3.63) is 54.4 Å². The SMILES string of the molecule is CSCC[C@H](NC(=O)CN1C(=O)CSc2ccccc21)c1nc2ccccc2[nH]1. The van der Waals surface area contributed by atoms with E-state index in [0.29, 0.717) is 5.75 Å². The Balaban J connectivity index is 1.52. The zero-order valence-electron chi connectivity index (χ0n) is 16.1. The van der Waals surface area contributed by atoms with Crippen LogP contribution in [0.25, 0.3) is 11.0 Å². The van der Waals surface area contributed by atoms with E-state index >= 15 is 0 Å². The number of para-hydroxylation sites is 3. The van der Waals surface area contributed by atoms with Crippen molar-refractivity contribution in [2.24, 2.45) is 0 Å². The average molecular weight is 427 g/mol. The molecule has 2 heterocycles. The molecule has 4 rings (SSSR count). The molecule has 0 fully saturated rings. The van der Waals surface area contributed by atoms with Gasteiger partial charge in [0, 0.05) is 4.90 Å². The number of benzene rings is 2. The quantitative estimate of drug-likeness (QED) is 0.603. The van der Waals surface area contributed by atoms with Gasteiger partial charge in [0.2, 0.25) is 11.8 Å². The van der Waals surface area contributed by atoms with Crippen molar-refractivity contribution in [2.45, 2.75) is 17.4 Å². The molecule has 0 spiro atoms. The number of imidazole rings is 1. The summed E-state index contributed by atoms with van der Waals surface area (Å²) in [5.74, 6) is 1.75. The number of hydrogen-bond donors (Lipinski definition) is 2. The molecule has 1 aliphatic heterocycles. The Kier molecular flexibility index (Phi) is 6.10. The number of rotatable bonds is 7. The molecule has 1 atom stereocenters. The maximum atomic E-state index is 12.9. The summed E-state index contributed by atoms with van der Waals surface area (Å²) in [6.07, 6.45) is 2.80. The van der Waals surface area contributed by atoms with E-state index in [4.69, 9.17) is 0 Å². The number of amides is 2. The normalized spacial score (nSPS) is 14.7. The van der Waals surface area contributed by atoms with Crippen LogP contribution in [0.4, 0.5) is 5.69 Å². The second kappa shape index (κ2) is 8.92. The van der Waals surface area contributed by atoms with Gasteiger partial charge in [-0.25, -0.2) is 4.98 Å². The van der Waals surface area contributed by atoms with Gasteiger partial charge >= 0.3 is 0 Å². The summed E-state index contributed by atoms with van der Waals surface area (Å²) in [5, 5.41) is 3.08. The van der Waals surface area contributed by atoms with Gasteiger partial charge in [-0.2, -0.15) is 11.8 Å². The van der Waals surface area contributed by atoms with E-state index in [2.05, 4.69) is 15.3 Å². The lowest BCUT2D eigenvalue weighted by Crippen LogP contribution is -2.44. The lowest BCUT2D eigenvalue weighted by Gasteiger charge is -2.29. The monoisotopic (exact) mass is 426 g/mol. The topological polar surface area (TPSA) is 78.1 Å². The molecular formula is C21H22N4O2S2. The lowest BCUT2D eigenvalue weighted by atomic mass is 10.2. The van der Waals surface area contributed by atoms with Gasteiger partial charge in [-0.1, -0.05) is 24.3 Å². The highest BCUT2D eigenvalue weighted by Gasteiger charge is 2.27. The molecule has 0 unspecified atom stereocenters. The van der Waals surface area contributed by atoms with Crippen molar-refractivity contribution in [3.8, 4) is 0 Å². The van der Waals surface area contributed by atoms with Gasteiger partial charge < -0.3 is 15.2 Å². The number of hydrogen-bond acceptors (Lipinski definition) is 5. The molecule has 6 nitrogen and oxygen atoms in total. The minimum absolute atomic E-state index is 0.00635. The number of anilines is 1. The van der Waals surface area contributed by atoms with E-state index in [-0.39, 0.29) is 24.4 Å². The fourth-order valence-corrected chi connectivity index (χ4v) is 4.77. The van der Waals surface area contributed by atoms with Crippen LogP contribution in [0.1, 0.15) is 18.3 Å². The first-order chi connectivity index (χ1) is 14.2. The minimum atomic E-state index is -0.230. The standard InChI is InChI=1S/C21H22N4O2S2/c1-28-11-10-16(21-23-14-6-2-3-7-15(14)24-21)22-19(26)12-25-17-8-4-5-9-18(17)29-13-20(25)27/h2-9,16H,10-13H2,1H3,(H,22,26)(H,23,24)/t16-/m0/s1. The van der Waals surface area contributed by atoms with Crippen molar-refractivity contribution in [1.29, 1.82) is 0 Å². The summed E-state index contributed by atoms with van der Waals surface area (Å²) in [5.41, 5.74) is 2.62. The summed E-state index contributed by atoms with van der Waals surface area (Å²) in [7, 11) is 0. The van der Waals surface area contributed by atoms with Crippen molar-refractivity contribution in [3.63, 3.8) is 0 Å². The maximum absolute atomic E-state index is 12.9. The lowest BCUT2D eigenvalue weighted by molar-refractivity contribution is -0.123. The van der Waals surface area contributed by atoms with Crippen molar-refractivity contribution in [2.75, 3.05) is 29.2 Å². The Hall–Kier alpha value is -2.45. The molecule has 1 aromatic heterocycles. The Bertz CT molecular complexity index is 1000. The number of thioether (sulfide) groups is 2. The highest BCUT2D eigenvalue weighted by atomic mass is 32.2. The number of nitrogens with zero attached hydrogens (tertiary/aromatic N) is 2. The van der Waals surface area contributed by atoms with Gasteiger partial charge in [-0.05, 0) is 42.7 Å². The fraction of sp³-hybridized carbons (Fsp3) is 0.286. The van der Waals surface area contributed by atoms with E-state index in [0.717, 1.165) is 39.6 Å². The Labute approximate surface area is 177 Å². The Morgan fingerprint density at radius 2 is 2.07 bits per heavy atom. The molecule has 1 aliphatic rings. The van der Waals surface area contributed by atoms with Gasteiger partial charge in [0.15, 0.2) is 0 Å². The predicted molar refractivity (Wildman–Crippen MR) is 119 cm³/mol. The summed E-state index contributed by atoms with van der Waals surface area (Å²) >= 11 is 3.24. The molecule has 0 aliphatic carbocycles. The zero-order chi connectivity index (χ0) is 20.2. The molecule has 0 radical (unpaired) electrons. The van der Waals surface area contributed by atoms with Crippen LogP contribution in [0, 0.1) is 0 Å². The molecule has 3 aromatic rings. The van der Waals surface area contributed by atoms with Gasteiger partial charge in [0.05, 0.1) is 28.5 Å². The molecule has 2 aromatic carbocycles. The van der Waals surface area contributed by atoms with Crippen LogP contribution in [-0.2, 0) is 9.59 Å². The molecule has 0 bridgehead atoms. The first-order valence-electron chi connectivity index (χ1n) is 9.41. The van der Waals surface area contributed by atoms with Crippen molar-refractivity contribution in [1.82, 2.24) is 15.3 Å². The smallest absolute Gasteiger partial charge is 0.240 e. The molecule has 0 saturated carbocycles. The molecule has 0 saturated heterocycles. The summed E-state index contributed by atoms with van der Waals surface area (Å²) in [6.45, 7) is 0.00635. The van der Waals surface area contributed by atoms with E-state index < -0.39 is 0 Å². The number of aromatic nitrogens is 2. The van der Waals surface area contributed by atoms with E-state index in [1.165, 1.54) is 11.8 Å². The Morgan fingerprint density at radius 3 is 2.90 bits per heavy atom. The maximum Gasteiger partial charge on any atom is 0.240 e. The third kappa shape index (κ3) is 4.43. The summed E-state index contributed by atoms with van der Waals surface area (Å²) in [4.78, 5) is 35.9. The van der Waals surface area contributed by atoms with Crippen LogP contribution in [-0.4, -0.2) is 46.1 Å². The minimum Gasteiger partial charge on any atom is -0.345 e. The zero-order valence-corrected chi connectivity index (χ0v) is 17.7. The second-order valence-corrected chi connectivity index (χ2v) is 8.78. The Morgan fingerprint density at radius 1 is 1.28 bits per heavy atom. The van der Waals surface area contributed by atoms with Crippen LogP contribution in [0.3, 0.4) is 0 Å². The van der Waals surface area contributed by atoms with Gasteiger partial charge in [0.1, 0.15) is 12.4 Å². The largest absolute Gasteiger partial charge is 0.345 e. The van der Waals surface area contributed by atoms with Crippen LogP contribution >= 0.6 is 23.5 Å². The first kappa shape index (κ1) is 19.8.